The number of benzene rings is 1. The van der Waals surface area contributed by atoms with Crippen LogP contribution in [0.4, 0.5) is 0 Å². The number of carbonyl (C=O) groups is 1. The van der Waals surface area contributed by atoms with Crippen LogP contribution in [0.15, 0.2) is 35.3 Å². The van der Waals surface area contributed by atoms with Gasteiger partial charge in [0.2, 0.25) is 0 Å². The van der Waals surface area contributed by atoms with E-state index in [1.807, 2.05) is 46.0 Å². The van der Waals surface area contributed by atoms with Crippen molar-refractivity contribution in [1.29, 1.82) is 0 Å². The lowest BCUT2D eigenvalue weighted by Crippen LogP contribution is -2.23. The van der Waals surface area contributed by atoms with Gasteiger partial charge in [-0.05, 0) is 52.3 Å². The molecule has 0 spiro atoms. The summed E-state index contributed by atoms with van der Waals surface area (Å²) in [5.41, 5.74) is 2.76. The summed E-state index contributed by atoms with van der Waals surface area (Å²) in [6.07, 6.45) is 5.68. The summed E-state index contributed by atoms with van der Waals surface area (Å²) in [6, 6.07) is 7.12. The molecule has 2 aromatic heterocycles. The molecule has 1 aromatic carbocycles. The van der Waals surface area contributed by atoms with E-state index in [0.29, 0.717) is 6.42 Å². The van der Waals surface area contributed by atoms with Crippen LogP contribution in [-0.2, 0) is 9.53 Å². The van der Waals surface area contributed by atoms with Crippen LogP contribution in [-0.4, -0.2) is 21.5 Å². The van der Waals surface area contributed by atoms with Gasteiger partial charge in [0.25, 0.3) is 0 Å². The number of aryl methyl sites for hydroxylation is 1. The standard InChI is InChI=1S/C12H10N2O.C10H20O2/c1-7-12-10(4-5-13-7)9-3-2-8(15)6-11(9)14-12;1-5-6-7-8-9(11)12-10(2,3)4/h2-6,13-14H,1H3;5-8H2,1-4H3. The SMILES string of the molecule is CCCCCC(=O)OC(C)(C)C.Cc1[nH]ccc2c1[nH]c1cc(=O)ccc12. The van der Waals surface area contributed by atoms with Crippen molar-refractivity contribution in [3.63, 3.8) is 0 Å². The Kier molecular flexibility index (Phi) is 6.83. The molecule has 27 heavy (non-hydrogen) atoms. The van der Waals surface area contributed by atoms with Gasteiger partial charge < -0.3 is 14.7 Å². The maximum Gasteiger partial charge on any atom is 0.306 e. The molecule has 0 saturated heterocycles. The second kappa shape index (κ2) is 8.89. The van der Waals surface area contributed by atoms with Gasteiger partial charge in [-0.2, -0.15) is 0 Å². The molecule has 146 valence electrons. The molecular formula is C22H30N2O3. The second-order valence-corrected chi connectivity index (χ2v) is 7.77. The summed E-state index contributed by atoms with van der Waals surface area (Å²) < 4.78 is 5.15. The first-order valence-corrected chi connectivity index (χ1v) is 9.53. The zero-order valence-electron chi connectivity index (χ0n) is 16.9. The molecule has 5 heteroatoms. The number of esters is 1. The van der Waals surface area contributed by atoms with Crippen molar-refractivity contribution in [2.24, 2.45) is 0 Å². The third-order valence-corrected chi connectivity index (χ3v) is 4.14. The van der Waals surface area contributed by atoms with Crippen LogP contribution in [0.25, 0.3) is 21.8 Å². The molecule has 0 unspecified atom stereocenters. The zero-order chi connectivity index (χ0) is 20.0. The van der Waals surface area contributed by atoms with Crippen LogP contribution in [0.5, 0.6) is 0 Å². The Bertz CT molecular complexity index is 961. The molecule has 0 aliphatic heterocycles. The molecule has 0 amide bonds. The molecule has 3 rings (SSSR count). The van der Waals surface area contributed by atoms with E-state index in [4.69, 9.17) is 4.74 Å². The number of aromatic nitrogens is 2. The van der Waals surface area contributed by atoms with E-state index in [0.717, 1.165) is 46.8 Å². The summed E-state index contributed by atoms with van der Waals surface area (Å²) in [7, 11) is 0. The molecule has 0 radical (unpaired) electrons. The van der Waals surface area contributed by atoms with Crippen LogP contribution in [0, 0.1) is 6.92 Å². The molecule has 0 aliphatic carbocycles. The van der Waals surface area contributed by atoms with E-state index in [1.54, 1.807) is 12.1 Å². The van der Waals surface area contributed by atoms with Gasteiger partial charge >= 0.3 is 5.97 Å². The minimum absolute atomic E-state index is 0.0377. The lowest BCUT2D eigenvalue weighted by molar-refractivity contribution is -0.154. The van der Waals surface area contributed by atoms with E-state index in [-0.39, 0.29) is 17.0 Å². The molecule has 5 nitrogen and oxygen atoms in total. The highest BCUT2D eigenvalue weighted by atomic mass is 16.6. The number of unbranched alkanes of at least 4 members (excludes halogenated alkanes) is 2. The maximum atomic E-state index is 11.2. The largest absolute Gasteiger partial charge is 0.460 e. The second-order valence-electron chi connectivity index (χ2n) is 7.77. The number of H-pyrrole nitrogens is 2. The zero-order valence-corrected chi connectivity index (χ0v) is 16.9. The minimum atomic E-state index is -0.330. The van der Waals surface area contributed by atoms with Gasteiger partial charge in [0.15, 0.2) is 5.43 Å². The highest BCUT2D eigenvalue weighted by Crippen LogP contribution is 2.24. The summed E-state index contributed by atoms with van der Waals surface area (Å²) in [5, 5.41) is 2.25. The van der Waals surface area contributed by atoms with Gasteiger partial charge in [0, 0.05) is 35.2 Å². The Morgan fingerprint density at radius 2 is 1.85 bits per heavy atom. The number of carbonyl (C=O) groups excluding carboxylic acids is 1. The Labute approximate surface area is 160 Å². The average molecular weight is 370 g/mol. The van der Waals surface area contributed by atoms with E-state index in [2.05, 4.69) is 16.9 Å². The molecule has 0 aliphatic rings. The number of ether oxygens (including phenoxy) is 1. The van der Waals surface area contributed by atoms with Crippen LogP contribution < -0.4 is 5.43 Å². The molecule has 3 aromatic rings. The number of hydrogen-bond acceptors (Lipinski definition) is 3. The summed E-state index contributed by atoms with van der Waals surface area (Å²) >= 11 is 0. The highest BCUT2D eigenvalue weighted by molar-refractivity contribution is 6.07. The lowest BCUT2D eigenvalue weighted by Gasteiger charge is -2.19. The van der Waals surface area contributed by atoms with Crippen LogP contribution in [0.2, 0.25) is 0 Å². The van der Waals surface area contributed by atoms with Crippen molar-refractivity contribution >= 4 is 27.8 Å². The van der Waals surface area contributed by atoms with Gasteiger partial charge in [-0.3, -0.25) is 9.59 Å². The molecule has 2 heterocycles. The Morgan fingerprint density at radius 1 is 1.11 bits per heavy atom. The molecule has 0 atom stereocenters. The van der Waals surface area contributed by atoms with Crippen molar-refractivity contribution in [2.75, 3.05) is 0 Å². The van der Waals surface area contributed by atoms with Crippen LogP contribution in [0.3, 0.4) is 0 Å². The highest BCUT2D eigenvalue weighted by Gasteiger charge is 2.15. The van der Waals surface area contributed by atoms with Gasteiger partial charge in [-0.15, -0.1) is 0 Å². The third kappa shape index (κ3) is 5.98. The van der Waals surface area contributed by atoms with Gasteiger partial charge in [0.05, 0.1) is 11.0 Å². The molecular weight excluding hydrogens is 340 g/mol. The number of fused-ring (bicyclic) bond motifs is 3. The first kappa shape index (κ1) is 20.7. The van der Waals surface area contributed by atoms with Gasteiger partial charge in [0.1, 0.15) is 5.60 Å². The monoisotopic (exact) mass is 370 g/mol. The number of rotatable bonds is 4. The minimum Gasteiger partial charge on any atom is -0.460 e. The number of pyridine rings is 1. The predicted molar refractivity (Wildman–Crippen MR) is 111 cm³/mol. The smallest absolute Gasteiger partial charge is 0.306 e. The fourth-order valence-electron chi connectivity index (χ4n) is 2.90. The van der Waals surface area contributed by atoms with Crippen molar-refractivity contribution in [2.45, 2.75) is 65.9 Å². The first-order chi connectivity index (χ1) is 12.7. The van der Waals surface area contributed by atoms with E-state index in [9.17, 15) is 9.59 Å². The fraction of sp³-hybridized carbons (Fsp3) is 0.455. The number of hydrogen-bond donors (Lipinski definition) is 2. The van der Waals surface area contributed by atoms with Gasteiger partial charge in [-0.25, -0.2) is 0 Å². The average Bonchev–Trinajstić information content (AvgIpc) is 2.93. The first-order valence-electron chi connectivity index (χ1n) is 9.53. The van der Waals surface area contributed by atoms with Crippen molar-refractivity contribution in [3.05, 3.63) is 46.4 Å². The molecule has 0 bridgehead atoms. The van der Waals surface area contributed by atoms with Gasteiger partial charge in [-0.1, -0.05) is 19.8 Å². The normalized spacial score (nSPS) is 11.3. The van der Waals surface area contributed by atoms with Crippen molar-refractivity contribution < 1.29 is 9.53 Å². The maximum absolute atomic E-state index is 11.2. The quantitative estimate of drug-likeness (QED) is 0.488. The van der Waals surface area contributed by atoms with Crippen LogP contribution >= 0.6 is 0 Å². The summed E-state index contributed by atoms with van der Waals surface area (Å²) in [4.78, 5) is 28.7. The van der Waals surface area contributed by atoms with Crippen molar-refractivity contribution in [1.82, 2.24) is 9.97 Å². The summed E-state index contributed by atoms with van der Waals surface area (Å²) in [5.74, 6) is -0.0732. The number of nitrogens with one attached hydrogen (secondary N) is 2. The number of aromatic amines is 2. The Balaban J connectivity index is 0.000000201. The predicted octanol–water partition coefficient (Wildman–Crippen LogP) is 5.23. The van der Waals surface area contributed by atoms with Crippen LogP contribution in [0.1, 0.15) is 59.1 Å². The molecule has 0 fully saturated rings. The summed E-state index contributed by atoms with van der Waals surface area (Å²) in [6.45, 7) is 9.81. The Morgan fingerprint density at radius 3 is 2.52 bits per heavy atom. The molecule has 2 N–H and O–H groups in total. The van der Waals surface area contributed by atoms with Crippen molar-refractivity contribution in [3.8, 4) is 0 Å². The lowest BCUT2D eigenvalue weighted by atomic mass is 10.2. The molecule has 0 saturated carbocycles. The fourth-order valence-corrected chi connectivity index (χ4v) is 2.90. The topological polar surface area (TPSA) is 75.0 Å². The third-order valence-electron chi connectivity index (χ3n) is 4.14. The Hall–Kier alpha value is -2.56. The van der Waals surface area contributed by atoms with E-state index in [1.165, 1.54) is 0 Å². The van der Waals surface area contributed by atoms with E-state index < -0.39 is 0 Å². The van der Waals surface area contributed by atoms with E-state index >= 15 is 0 Å².